The number of hydrogen-bond donors (Lipinski definition) is 0. The summed E-state index contributed by atoms with van der Waals surface area (Å²) in [6.45, 7) is 7.68. The van der Waals surface area contributed by atoms with Crippen LogP contribution in [-0.2, 0) is 17.1 Å². The predicted octanol–water partition coefficient (Wildman–Crippen LogP) is 1.97. The third-order valence-electron chi connectivity index (χ3n) is 5.22. The van der Waals surface area contributed by atoms with Crippen molar-refractivity contribution >= 4 is 26.6 Å². The van der Waals surface area contributed by atoms with Crippen LogP contribution in [0, 0.1) is 6.92 Å². The van der Waals surface area contributed by atoms with E-state index in [1.54, 1.807) is 24.7 Å². The second-order valence-corrected chi connectivity index (χ2v) is 9.56. The Hall–Kier alpha value is -2.72. The summed E-state index contributed by atoms with van der Waals surface area (Å²) in [5.74, 6) is 1.23. The number of sulfonamides is 1. The van der Waals surface area contributed by atoms with Gasteiger partial charge in [0, 0.05) is 45.1 Å². The molecule has 2 aromatic heterocycles. The fourth-order valence-corrected chi connectivity index (χ4v) is 4.95. The van der Waals surface area contributed by atoms with Crippen LogP contribution in [0.1, 0.15) is 19.7 Å². The first-order valence-corrected chi connectivity index (χ1v) is 11.4. The number of nitrogens with zero attached hydrogens (tertiary/aromatic N) is 6. The minimum atomic E-state index is -3.59. The quantitative estimate of drug-likeness (QED) is 0.611. The maximum Gasteiger partial charge on any atom is 0.262 e. The van der Waals surface area contributed by atoms with Gasteiger partial charge in [0.1, 0.15) is 12.2 Å². The van der Waals surface area contributed by atoms with Crippen LogP contribution in [-0.4, -0.2) is 64.5 Å². The van der Waals surface area contributed by atoms with Gasteiger partial charge in [-0.25, -0.2) is 23.4 Å². The number of fused-ring (bicyclic) bond motifs is 1. The molecule has 30 heavy (non-hydrogen) atoms. The smallest absolute Gasteiger partial charge is 0.262 e. The van der Waals surface area contributed by atoms with Crippen LogP contribution in [0.15, 0.2) is 35.7 Å². The van der Waals surface area contributed by atoms with E-state index in [0.29, 0.717) is 37.9 Å². The second kappa shape index (κ2) is 7.84. The Morgan fingerprint density at radius 2 is 1.83 bits per heavy atom. The van der Waals surface area contributed by atoms with Gasteiger partial charge in [0.25, 0.3) is 10.0 Å². The van der Waals surface area contributed by atoms with E-state index >= 15 is 0 Å². The SMILES string of the molecule is Cc1nc(S(=O)(=O)N2CCN(c3ccc4ncnc(OC(C)C)c4c3)CC2)cn1C. The summed E-state index contributed by atoms with van der Waals surface area (Å²) in [4.78, 5) is 14.9. The first-order chi connectivity index (χ1) is 14.3. The lowest BCUT2D eigenvalue weighted by Crippen LogP contribution is -2.48. The minimum Gasteiger partial charge on any atom is -0.474 e. The zero-order valence-corrected chi connectivity index (χ0v) is 18.4. The minimum absolute atomic E-state index is 0.00994. The highest BCUT2D eigenvalue weighted by Crippen LogP contribution is 2.28. The first-order valence-electron chi connectivity index (χ1n) is 9.92. The Morgan fingerprint density at radius 1 is 1.10 bits per heavy atom. The summed E-state index contributed by atoms with van der Waals surface area (Å²) in [6.07, 6.45) is 3.08. The fraction of sp³-hybridized carbons (Fsp3) is 0.450. The van der Waals surface area contributed by atoms with Crippen LogP contribution >= 0.6 is 0 Å². The number of aryl methyl sites for hydroxylation is 2. The summed E-state index contributed by atoms with van der Waals surface area (Å²) < 4.78 is 34.9. The third kappa shape index (κ3) is 3.84. The van der Waals surface area contributed by atoms with E-state index < -0.39 is 10.0 Å². The number of imidazole rings is 1. The standard InChI is InChI=1S/C20H26N6O3S/c1-14(2)29-20-17-11-16(5-6-18(17)21-13-22-20)25-7-9-26(10-8-25)30(27,28)19-12-24(4)15(3)23-19/h5-6,11-14H,7-10H2,1-4H3. The Kier molecular flexibility index (Phi) is 5.37. The molecule has 1 saturated heterocycles. The van der Waals surface area contributed by atoms with Crippen molar-refractivity contribution in [3.63, 3.8) is 0 Å². The second-order valence-electron chi connectivity index (χ2n) is 7.68. The molecule has 4 rings (SSSR count). The molecule has 0 saturated carbocycles. The van der Waals surface area contributed by atoms with E-state index in [0.717, 1.165) is 16.6 Å². The molecule has 160 valence electrons. The van der Waals surface area contributed by atoms with E-state index in [4.69, 9.17) is 4.74 Å². The zero-order chi connectivity index (χ0) is 21.5. The topological polar surface area (TPSA) is 93.5 Å². The number of hydrogen-bond acceptors (Lipinski definition) is 7. The molecule has 10 heteroatoms. The van der Waals surface area contributed by atoms with Crippen LogP contribution in [0.2, 0.25) is 0 Å². The van der Waals surface area contributed by atoms with Gasteiger partial charge in [-0.2, -0.15) is 4.31 Å². The van der Waals surface area contributed by atoms with E-state index in [1.807, 2.05) is 32.0 Å². The number of rotatable bonds is 5. The summed E-state index contributed by atoms with van der Waals surface area (Å²) in [7, 11) is -1.80. The molecular weight excluding hydrogens is 404 g/mol. The summed E-state index contributed by atoms with van der Waals surface area (Å²) in [5.41, 5.74) is 1.81. The van der Waals surface area contributed by atoms with Crippen molar-refractivity contribution in [2.45, 2.75) is 31.9 Å². The van der Waals surface area contributed by atoms with Crippen molar-refractivity contribution < 1.29 is 13.2 Å². The van der Waals surface area contributed by atoms with Crippen molar-refractivity contribution in [1.29, 1.82) is 0 Å². The highest BCUT2D eigenvalue weighted by molar-refractivity contribution is 7.89. The molecule has 0 amide bonds. The fourth-order valence-electron chi connectivity index (χ4n) is 3.50. The molecule has 1 aromatic carbocycles. The van der Waals surface area contributed by atoms with E-state index in [9.17, 15) is 8.42 Å². The van der Waals surface area contributed by atoms with Gasteiger partial charge in [0.2, 0.25) is 5.88 Å². The Labute approximate surface area is 176 Å². The molecule has 0 aliphatic carbocycles. The molecule has 3 heterocycles. The van der Waals surface area contributed by atoms with Crippen LogP contribution in [0.5, 0.6) is 5.88 Å². The Bertz CT molecular complexity index is 1150. The van der Waals surface area contributed by atoms with Gasteiger partial charge in [0.15, 0.2) is 5.03 Å². The van der Waals surface area contributed by atoms with Crippen molar-refractivity contribution in [1.82, 2.24) is 23.8 Å². The molecule has 0 atom stereocenters. The van der Waals surface area contributed by atoms with Gasteiger partial charge in [-0.05, 0) is 39.0 Å². The zero-order valence-electron chi connectivity index (χ0n) is 17.6. The normalized spacial score (nSPS) is 15.8. The average molecular weight is 431 g/mol. The maximum atomic E-state index is 12.9. The monoisotopic (exact) mass is 430 g/mol. The Balaban J connectivity index is 1.53. The van der Waals surface area contributed by atoms with E-state index in [2.05, 4.69) is 19.9 Å². The lowest BCUT2D eigenvalue weighted by atomic mass is 10.2. The lowest BCUT2D eigenvalue weighted by Gasteiger charge is -2.35. The van der Waals surface area contributed by atoms with Gasteiger partial charge >= 0.3 is 0 Å². The van der Waals surface area contributed by atoms with E-state index in [-0.39, 0.29) is 11.1 Å². The molecule has 0 unspecified atom stereocenters. The predicted molar refractivity (Wildman–Crippen MR) is 114 cm³/mol. The molecule has 9 nitrogen and oxygen atoms in total. The summed E-state index contributed by atoms with van der Waals surface area (Å²) >= 11 is 0. The van der Waals surface area contributed by atoms with Crippen LogP contribution in [0.3, 0.4) is 0 Å². The van der Waals surface area contributed by atoms with Crippen molar-refractivity contribution in [3.05, 3.63) is 36.5 Å². The van der Waals surface area contributed by atoms with Gasteiger partial charge in [-0.15, -0.1) is 0 Å². The summed E-state index contributed by atoms with van der Waals surface area (Å²) in [5, 5.41) is 0.956. The molecule has 0 N–H and O–H groups in total. The van der Waals surface area contributed by atoms with Crippen molar-refractivity contribution in [3.8, 4) is 5.88 Å². The number of aromatic nitrogens is 4. The molecule has 0 spiro atoms. The maximum absolute atomic E-state index is 12.9. The van der Waals surface area contributed by atoms with Gasteiger partial charge in [-0.1, -0.05) is 0 Å². The molecule has 3 aromatic rings. The number of ether oxygens (including phenoxy) is 1. The largest absolute Gasteiger partial charge is 0.474 e. The average Bonchev–Trinajstić information content (AvgIpc) is 3.07. The number of benzene rings is 1. The van der Waals surface area contributed by atoms with Gasteiger partial charge in [-0.3, -0.25) is 0 Å². The molecular formula is C20H26N6O3S. The molecule has 1 aliphatic rings. The number of piperazine rings is 1. The highest BCUT2D eigenvalue weighted by Gasteiger charge is 2.30. The van der Waals surface area contributed by atoms with Crippen molar-refractivity contribution in [2.24, 2.45) is 7.05 Å². The molecule has 1 aliphatic heterocycles. The molecule has 0 bridgehead atoms. The lowest BCUT2D eigenvalue weighted by molar-refractivity contribution is 0.235. The molecule has 1 fully saturated rings. The Morgan fingerprint density at radius 3 is 2.47 bits per heavy atom. The number of anilines is 1. The van der Waals surface area contributed by atoms with Gasteiger partial charge in [0.05, 0.1) is 17.0 Å². The van der Waals surface area contributed by atoms with Crippen LogP contribution in [0.25, 0.3) is 10.9 Å². The first kappa shape index (κ1) is 20.5. The molecule has 0 radical (unpaired) electrons. The third-order valence-corrected chi connectivity index (χ3v) is 6.99. The van der Waals surface area contributed by atoms with Crippen LogP contribution in [0.4, 0.5) is 5.69 Å². The van der Waals surface area contributed by atoms with Crippen molar-refractivity contribution in [2.75, 3.05) is 31.1 Å². The summed E-state index contributed by atoms with van der Waals surface area (Å²) in [6, 6.07) is 5.96. The van der Waals surface area contributed by atoms with E-state index in [1.165, 1.54) is 10.6 Å². The van der Waals surface area contributed by atoms with Gasteiger partial charge < -0.3 is 14.2 Å². The van der Waals surface area contributed by atoms with Crippen LogP contribution < -0.4 is 9.64 Å². The highest BCUT2D eigenvalue weighted by atomic mass is 32.2.